The molecule has 33 heavy (non-hydrogen) atoms. The van der Waals surface area contributed by atoms with Crippen molar-refractivity contribution >= 4 is 16.9 Å². The van der Waals surface area contributed by atoms with Gasteiger partial charge in [0.1, 0.15) is 11.4 Å². The molecule has 9 heteroatoms. The van der Waals surface area contributed by atoms with Crippen molar-refractivity contribution in [1.82, 2.24) is 24.3 Å². The number of pyridine rings is 1. The number of carbonyl (C=O) groups is 1. The predicted molar refractivity (Wildman–Crippen MR) is 126 cm³/mol. The molecule has 174 valence electrons. The van der Waals surface area contributed by atoms with Crippen LogP contribution >= 0.6 is 0 Å². The predicted octanol–water partition coefficient (Wildman–Crippen LogP) is 1.60. The van der Waals surface area contributed by atoms with Crippen LogP contribution in [0.25, 0.3) is 11.0 Å². The van der Waals surface area contributed by atoms with Crippen LogP contribution in [0.3, 0.4) is 0 Å². The van der Waals surface area contributed by atoms with Gasteiger partial charge in [0.25, 0.3) is 11.5 Å². The summed E-state index contributed by atoms with van der Waals surface area (Å²) in [5.74, 6) is 0.481. The Morgan fingerprint density at radius 1 is 1.09 bits per heavy atom. The number of hydrogen-bond donors (Lipinski definition) is 1. The number of fused-ring (bicyclic) bond motifs is 1. The Morgan fingerprint density at radius 3 is 2.45 bits per heavy atom. The quantitative estimate of drug-likeness (QED) is 0.611. The van der Waals surface area contributed by atoms with E-state index in [1.165, 1.54) is 30.3 Å². The van der Waals surface area contributed by atoms with E-state index < -0.39 is 11.2 Å². The zero-order chi connectivity index (χ0) is 23.5. The first kappa shape index (κ1) is 22.7. The SMILES string of the molecule is COc1ccc(C(CNC(=O)c2cnc3c(c2)c(=O)n(C)c(=O)n3C)N2CCCCC2)cc1. The van der Waals surface area contributed by atoms with Crippen LogP contribution in [0.5, 0.6) is 5.75 Å². The fourth-order valence-electron chi connectivity index (χ4n) is 4.39. The second-order valence-electron chi connectivity index (χ2n) is 8.40. The molecular formula is C24H29N5O4. The average molecular weight is 452 g/mol. The molecule has 1 aromatic carbocycles. The van der Waals surface area contributed by atoms with Crippen LogP contribution in [0.15, 0.2) is 46.1 Å². The number of nitrogens with one attached hydrogen (secondary N) is 1. The van der Waals surface area contributed by atoms with Crippen LogP contribution in [-0.2, 0) is 14.1 Å². The maximum atomic E-state index is 13.0. The van der Waals surface area contributed by atoms with E-state index in [4.69, 9.17) is 4.74 Å². The van der Waals surface area contributed by atoms with Gasteiger partial charge in [-0.25, -0.2) is 9.78 Å². The zero-order valence-electron chi connectivity index (χ0n) is 19.2. The number of rotatable bonds is 6. The second kappa shape index (κ2) is 9.58. The molecule has 3 heterocycles. The minimum absolute atomic E-state index is 0.0299. The Bertz CT molecular complexity index is 1270. The summed E-state index contributed by atoms with van der Waals surface area (Å²) in [6, 6.07) is 9.46. The largest absolute Gasteiger partial charge is 0.497 e. The fraction of sp³-hybridized carbons (Fsp3) is 0.417. The van der Waals surface area contributed by atoms with Gasteiger partial charge in [0, 0.05) is 26.8 Å². The van der Waals surface area contributed by atoms with Crippen molar-refractivity contribution in [3.63, 3.8) is 0 Å². The van der Waals surface area contributed by atoms with Gasteiger partial charge in [0.2, 0.25) is 0 Å². The van der Waals surface area contributed by atoms with E-state index in [9.17, 15) is 14.4 Å². The Labute approximate surface area is 191 Å². The number of aromatic nitrogens is 3. The summed E-state index contributed by atoms with van der Waals surface area (Å²) in [6.45, 7) is 2.39. The first-order valence-electron chi connectivity index (χ1n) is 11.1. The minimum atomic E-state index is -0.473. The first-order chi connectivity index (χ1) is 15.9. The van der Waals surface area contributed by atoms with Crippen molar-refractivity contribution in [2.24, 2.45) is 14.1 Å². The number of nitrogens with zero attached hydrogens (tertiary/aromatic N) is 4. The lowest BCUT2D eigenvalue weighted by Gasteiger charge is -2.35. The molecule has 1 aliphatic heterocycles. The molecule has 1 atom stereocenters. The zero-order valence-corrected chi connectivity index (χ0v) is 19.2. The van der Waals surface area contributed by atoms with Gasteiger partial charge in [-0.05, 0) is 49.7 Å². The standard InChI is InChI=1S/C24H29N5O4/c1-27-21-19(23(31)28(2)24(27)32)13-17(14-25-21)22(30)26-15-20(29-11-5-4-6-12-29)16-7-9-18(33-3)10-8-16/h7-10,13-14,20H,4-6,11-12,15H2,1-3H3,(H,26,30). The van der Waals surface area contributed by atoms with Crippen LogP contribution in [-0.4, -0.2) is 51.7 Å². The van der Waals surface area contributed by atoms with Gasteiger partial charge < -0.3 is 10.1 Å². The second-order valence-corrected chi connectivity index (χ2v) is 8.40. The molecule has 0 radical (unpaired) electrons. The molecule has 4 rings (SSSR count). The molecule has 1 unspecified atom stereocenters. The third-order valence-electron chi connectivity index (χ3n) is 6.34. The highest BCUT2D eigenvalue weighted by atomic mass is 16.5. The molecule has 0 bridgehead atoms. The minimum Gasteiger partial charge on any atom is -0.497 e. The van der Waals surface area contributed by atoms with Gasteiger partial charge in [0.15, 0.2) is 0 Å². The van der Waals surface area contributed by atoms with Gasteiger partial charge in [-0.15, -0.1) is 0 Å². The summed E-state index contributed by atoms with van der Waals surface area (Å²) in [7, 11) is 4.60. The van der Waals surface area contributed by atoms with Gasteiger partial charge in [-0.3, -0.25) is 23.6 Å². The Kier molecular flexibility index (Phi) is 6.60. The third kappa shape index (κ3) is 4.54. The molecule has 1 amide bonds. The van der Waals surface area contributed by atoms with Crippen LogP contribution in [0.4, 0.5) is 0 Å². The van der Waals surface area contributed by atoms with Crippen molar-refractivity contribution in [3.05, 3.63) is 68.5 Å². The van der Waals surface area contributed by atoms with E-state index in [1.807, 2.05) is 24.3 Å². The fourth-order valence-corrected chi connectivity index (χ4v) is 4.39. The van der Waals surface area contributed by atoms with Crippen LogP contribution < -0.4 is 21.3 Å². The molecule has 1 saturated heterocycles. The number of methoxy groups -OCH3 is 1. The number of aryl methyl sites for hydroxylation is 1. The van der Waals surface area contributed by atoms with E-state index in [1.54, 1.807) is 14.2 Å². The number of hydrogen-bond acceptors (Lipinski definition) is 6. The highest BCUT2D eigenvalue weighted by molar-refractivity contribution is 5.96. The number of ether oxygens (including phenoxy) is 1. The number of piperidine rings is 1. The van der Waals surface area contributed by atoms with Gasteiger partial charge in [-0.1, -0.05) is 18.6 Å². The van der Waals surface area contributed by atoms with E-state index in [-0.39, 0.29) is 28.5 Å². The third-order valence-corrected chi connectivity index (χ3v) is 6.34. The highest BCUT2D eigenvalue weighted by Crippen LogP contribution is 2.26. The molecule has 9 nitrogen and oxygen atoms in total. The summed E-state index contributed by atoms with van der Waals surface area (Å²) in [5, 5.41) is 3.25. The Morgan fingerprint density at radius 2 is 1.79 bits per heavy atom. The van der Waals surface area contributed by atoms with Crippen molar-refractivity contribution < 1.29 is 9.53 Å². The molecule has 0 saturated carbocycles. The highest BCUT2D eigenvalue weighted by Gasteiger charge is 2.23. The van der Waals surface area contributed by atoms with Gasteiger partial charge >= 0.3 is 5.69 Å². The Balaban J connectivity index is 1.58. The topological polar surface area (TPSA) is 98.5 Å². The van der Waals surface area contributed by atoms with Crippen LogP contribution in [0.1, 0.15) is 41.2 Å². The number of benzene rings is 1. The first-order valence-corrected chi connectivity index (χ1v) is 11.1. The number of likely N-dealkylation sites (tertiary alicyclic amines) is 1. The van der Waals surface area contributed by atoms with Gasteiger partial charge in [-0.2, -0.15) is 0 Å². The Hall–Kier alpha value is -3.46. The molecule has 1 aliphatic rings. The number of amides is 1. The van der Waals surface area contributed by atoms with E-state index in [2.05, 4.69) is 15.2 Å². The normalized spacial score (nSPS) is 15.4. The average Bonchev–Trinajstić information content (AvgIpc) is 2.86. The molecule has 1 fully saturated rings. The summed E-state index contributed by atoms with van der Waals surface area (Å²) in [5.41, 5.74) is 0.716. The van der Waals surface area contributed by atoms with Crippen molar-refractivity contribution in [1.29, 1.82) is 0 Å². The monoisotopic (exact) mass is 451 g/mol. The summed E-state index contributed by atoms with van der Waals surface area (Å²) in [4.78, 5) is 44.3. The molecule has 2 aromatic heterocycles. The van der Waals surface area contributed by atoms with E-state index in [0.29, 0.717) is 6.54 Å². The maximum Gasteiger partial charge on any atom is 0.332 e. The lowest BCUT2D eigenvalue weighted by molar-refractivity contribution is 0.0924. The smallest absolute Gasteiger partial charge is 0.332 e. The van der Waals surface area contributed by atoms with Crippen LogP contribution in [0, 0.1) is 0 Å². The van der Waals surface area contributed by atoms with Gasteiger partial charge in [0.05, 0.1) is 24.1 Å². The molecule has 0 aliphatic carbocycles. The molecule has 3 aromatic rings. The van der Waals surface area contributed by atoms with E-state index in [0.717, 1.165) is 41.8 Å². The molecule has 1 N–H and O–H groups in total. The van der Waals surface area contributed by atoms with Crippen molar-refractivity contribution in [2.45, 2.75) is 25.3 Å². The summed E-state index contributed by atoms with van der Waals surface area (Å²) < 4.78 is 7.60. The van der Waals surface area contributed by atoms with Crippen LogP contribution in [0.2, 0.25) is 0 Å². The maximum absolute atomic E-state index is 13.0. The number of carbonyl (C=O) groups excluding carboxylic acids is 1. The molecule has 0 spiro atoms. The molecular weight excluding hydrogens is 422 g/mol. The van der Waals surface area contributed by atoms with E-state index >= 15 is 0 Å². The summed E-state index contributed by atoms with van der Waals surface area (Å²) >= 11 is 0. The lowest BCUT2D eigenvalue weighted by Crippen LogP contribution is -2.41. The van der Waals surface area contributed by atoms with Crippen molar-refractivity contribution in [2.75, 3.05) is 26.7 Å². The van der Waals surface area contributed by atoms with Crippen molar-refractivity contribution in [3.8, 4) is 5.75 Å². The lowest BCUT2D eigenvalue weighted by atomic mass is 10.0. The summed E-state index contributed by atoms with van der Waals surface area (Å²) in [6.07, 6.45) is 4.90.